The molecule has 0 aliphatic rings. The van der Waals surface area contributed by atoms with Crippen molar-refractivity contribution in [3.05, 3.63) is 42.6 Å². The van der Waals surface area contributed by atoms with Gasteiger partial charge in [-0.3, -0.25) is 4.98 Å². The Morgan fingerprint density at radius 3 is 2.46 bits per heavy atom. The Morgan fingerprint density at radius 1 is 1.15 bits per heavy atom. The number of para-hydroxylation sites is 1. The summed E-state index contributed by atoms with van der Waals surface area (Å²) in [6.45, 7) is 0. The number of benzene rings is 1. The summed E-state index contributed by atoms with van der Waals surface area (Å²) in [7, 11) is 0.0833. The van der Waals surface area contributed by atoms with Crippen molar-refractivity contribution < 1.29 is 4.21 Å². The van der Waals surface area contributed by atoms with E-state index in [1.165, 1.54) is 5.39 Å². The van der Waals surface area contributed by atoms with Gasteiger partial charge >= 0.3 is 0 Å². The molecule has 2 aromatic rings. The Labute approximate surface area is 84.4 Å². The number of fused-ring (bicyclic) bond motifs is 1. The zero-order chi connectivity index (χ0) is 9.52. The zero-order valence-electron chi connectivity index (χ0n) is 6.71. The van der Waals surface area contributed by atoms with Crippen LogP contribution in [0.3, 0.4) is 0 Å². The van der Waals surface area contributed by atoms with Gasteiger partial charge in [0.2, 0.25) is 0 Å². The summed E-state index contributed by atoms with van der Waals surface area (Å²) in [5.41, 5.74) is 1.06. The highest BCUT2D eigenvalue weighted by molar-refractivity contribution is 8.11. The highest BCUT2D eigenvalue weighted by Gasteiger charge is 1.86. The van der Waals surface area contributed by atoms with Crippen LogP contribution in [0.5, 0.6) is 0 Å². The summed E-state index contributed by atoms with van der Waals surface area (Å²) >= 11 is 3.75. The third kappa shape index (κ3) is 3.01. The van der Waals surface area contributed by atoms with Gasteiger partial charge in [-0.15, -0.1) is 0 Å². The Hall–Kier alpha value is -1.13. The van der Waals surface area contributed by atoms with E-state index in [0.717, 1.165) is 5.52 Å². The molecule has 0 fully saturated rings. The van der Waals surface area contributed by atoms with Crippen LogP contribution in [0.1, 0.15) is 0 Å². The van der Waals surface area contributed by atoms with E-state index < -0.39 is 0 Å². The number of nitrogens with zero attached hydrogens (tertiary/aromatic N) is 1. The van der Waals surface area contributed by atoms with Crippen LogP contribution in [-0.2, 0) is 21.4 Å². The fourth-order valence-corrected chi connectivity index (χ4v) is 1.02. The van der Waals surface area contributed by atoms with E-state index in [1.54, 1.807) is 0 Å². The molecule has 0 spiro atoms. The first-order valence-corrected chi connectivity index (χ1v) is 5.26. The van der Waals surface area contributed by atoms with Gasteiger partial charge < -0.3 is 0 Å². The summed E-state index contributed by atoms with van der Waals surface area (Å²) in [5, 5.41) is 1.20. The van der Waals surface area contributed by atoms with Crippen molar-refractivity contribution in [2.45, 2.75) is 0 Å². The standard InChI is InChI=1S/C9H7N.OS2/c1-2-6-9-8(4-1)5-3-7-10-9;1-3-2/h1-7H;. The Kier molecular flexibility index (Phi) is 4.21. The van der Waals surface area contributed by atoms with E-state index >= 15 is 0 Å². The molecular weight excluding hydrogens is 202 g/mol. The lowest BCUT2D eigenvalue weighted by molar-refractivity contribution is 0.702. The van der Waals surface area contributed by atoms with Crippen LogP contribution < -0.4 is 0 Å². The van der Waals surface area contributed by atoms with Crippen LogP contribution in [0.2, 0.25) is 0 Å². The Bertz CT molecular complexity index is 359. The monoisotopic (exact) mass is 209 g/mol. The van der Waals surface area contributed by atoms with E-state index in [4.69, 9.17) is 4.21 Å². The Balaban J connectivity index is 0.000000251. The number of pyridine rings is 1. The first-order valence-electron chi connectivity index (χ1n) is 3.60. The molecule has 0 unspecified atom stereocenters. The quantitative estimate of drug-likeness (QED) is 0.663. The van der Waals surface area contributed by atoms with Crippen molar-refractivity contribution in [1.29, 1.82) is 0 Å². The summed E-state index contributed by atoms with van der Waals surface area (Å²) in [6, 6.07) is 12.1. The lowest BCUT2D eigenvalue weighted by atomic mass is 10.2. The summed E-state index contributed by atoms with van der Waals surface area (Å²) in [4.78, 5) is 4.18. The lowest BCUT2D eigenvalue weighted by Crippen LogP contribution is -1.73. The van der Waals surface area contributed by atoms with Crippen LogP contribution in [0, 0.1) is 0 Å². The fourth-order valence-electron chi connectivity index (χ4n) is 1.02. The van der Waals surface area contributed by atoms with Crippen LogP contribution in [0.25, 0.3) is 10.9 Å². The third-order valence-corrected chi connectivity index (χ3v) is 1.51. The molecule has 1 heterocycles. The molecule has 2 rings (SSSR count). The molecule has 0 aliphatic carbocycles. The average molecular weight is 209 g/mol. The van der Waals surface area contributed by atoms with E-state index in [0.29, 0.717) is 0 Å². The van der Waals surface area contributed by atoms with Gasteiger partial charge in [0, 0.05) is 22.8 Å². The van der Waals surface area contributed by atoms with Crippen molar-refractivity contribution >= 4 is 32.3 Å². The maximum Gasteiger partial charge on any atom is 0.168 e. The van der Waals surface area contributed by atoms with Gasteiger partial charge in [-0.1, -0.05) is 24.3 Å². The zero-order valence-corrected chi connectivity index (χ0v) is 8.35. The highest BCUT2D eigenvalue weighted by atomic mass is 32.8. The van der Waals surface area contributed by atoms with Crippen LogP contribution >= 0.6 is 0 Å². The summed E-state index contributed by atoms with van der Waals surface area (Å²) in [5.74, 6) is 0. The molecule has 0 aliphatic heterocycles. The molecule has 0 saturated heterocycles. The molecule has 13 heavy (non-hydrogen) atoms. The largest absolute Gasteiger partial charge is 0.256 e. The van der Waals surface area contributed by atoms with Crippen molar-refractivity contribution in [2.24, 2.45) is 0 Å². The summed E-state index contributed by atoms with van der Waals surface area (Å²) in [6.07, 6.45) is 1.81. The predicted molar refractivity (Wildman–Crippen MR) is 57.3 cm³/mol. The van der Waals surface area contributed by atoms with E-state index in [9.17, 15) is 0 Å². The average Bonchev–Trinajstić information content (AvgIpc) is 2.19. The molecule has 1 aromatic heterocycles. The topological polar surface area (TPSA) is 30.0 Å². The SMILES string of the molecule is O=S=S.c1ccc2ncccc2c1. The van der Waals surface area contributed by atoms with Crippen molar-refractivity contribution in [1.82, 2.24) is 4.98 Å². The van der Waals surface area contributed by atoms with Crippen LogP contribution in [0.15, 0.2) is 42.6 Å². The minimum Gasteiger partial charge on any atom is -0.256 e. The number of hydrogen-bond donors (Lipinski definition) is 0. The molecule has 0 N–H and O–H groups in total. The molecule has 0 amide bonds. The maximum absolute atomic E-state index is 8.66. The molecule has 1 aromatic carbocycles. The first kappa shape index (κ1) is 9.95. The van der Waals surface area contributed by atoms with E-state index in [1.807, 2.05) is 30.5 Å². The molecule has 0 atom stereocenters. The normalized spacial score (nSPS) is 8.62. The minimum absolute atomic E-state index is 0.0833. The fraction of sp³-hybridized carbons (Fsp3) is 0. The lowest BCUT2D eigenvalue weighted by Gasteiger charge is -1.91. The molecule has 4 heteroatoms. The third-order valence-electron chi connectivity index (χ3n) is 1.51. The van der Waals surface area contributed by atoms with Gasteiger partial charge in [0.15, 0.2) is 10.2 Å². The number of hydrogen-bond acceptors (Lipinski definition) is 3. The maximum atomic E-state index is 8.66. The first-order chi connectivity index (χ1) is 6.38. The highest BCUT2D eigenvalue weighted by Crippen LogP contribution is 2.07. The Morgan fingerprint density at radius 2 is 1.77 bits per heavy atom. The van der Waals surface area contributed by atoms with Crippen molar-refractivity contribution in [2.75, 3.05) is 0 Å². The van der Waals surface area contributed by atoms with E-state index in [2.05, 4.69) is 28.3 Å². The second kappa shape index (κ2) is 5.50. The summed E-state index contributed by atoms with van der Waals surface area (Å²) < 4.78 is 8.66. The van der Waals surface area contributed by atoms with Crippen molar-refractivity contribution in [3.63, 3.8) is 0 Å². The van der Waals surface area contributed by atoms with Gasteiger partial charge in [-0.05, 0) is 12.1 Å². The van der Waals surface area contributed by atoms with Crippen molar-refractivity contribution in [3.8, 4) is 0 Å². The predicted octanol–water partition coefficient (Wildman–Crippen LogP) is 1.90. The van der Waals surface area contributed by atoms with Crippen LogP contribution in [0.4, 0.5) is 0 Å². The van der Waals surface area contributed by atoms with Gasteiger partial charge in [-0.25, -0.2) is 0 Å². The van der Waals surface area contributed by atoms with Gasteiger partial charge in [0.25, 0.3) is 0 Å². The molecule has 66 valence electrons. The molecule has 0 bridgehead atoms. The van der Waals surface area contributed by atoms with Gasteiger partial charge in [0.1, 0.15) is 0 Å². The molecular formula is C9H7NOS2. The van der Waals surface area contributed by atoms with E-state index in [-0.39, 0.29) is 10.2 Å². The van der Waals surface area contributed by atoms with Gasteiger partial charge in [-0.2, -0.15) is 4.21 Å². The smallest absolute Gasteiger partial charge is 0.168 e. The van der Waals surface area contributed by atoms with Crippen LogP contribution in [-0.4, -0.2) is 9.19 Å². The second-order valence-corrected chi connectivity index (χ2v) is 2.81. The number of aromatic nitrogens is 1. The molecule has 0 saturated carbocycles. The molecule has 0 radical (unpaired) electrons. The second-order valence-electron chi connectivity index (χ2n) is 2.26. The number of rotatable bonds is 0. The van der Waals surface area contributed by atoms with Gasteiger partial charge in [0.05, 0.1) is 5.52 Å². The minimum atomic E-state index is 0.0833. The molecule has 2 nitrogen and oxygen atoms in total.